The molecule has 0 aliphatic carbocycles. The minimum Gasteiger partial charge on any atom is -0.462 e. The van der Waals surface area contributed by atoms with Crippen molar-refractivity contribution in [3.63, 3.8) is 0 Å². The van der Waals surface area contributed by atoms with Gasteiger partial charge in [-0.05, 0) is 77.0 Å². The lowest BCUT2D eigenvalue weighted by atomic mass is 10.1. The first kappa shape index (κ1) is 53.0. The summed E-state index contributed by atoms with van der Waals surface area (Å²) < 4.78 is 32.8. The van der Waals surface area contributed by atoms with E-state index in [0.717, 1.165) is 70.6 Å². The smallest absolute Gasteiger partial charge is 0.462 e. The fraction of sp³-hybridized carbons (Fsp3) is 0.778. The predicted octanol–water partition coefficient (Wildman–Crippen LogP) is 12.7. The van der Waals surface area contributed by atoms with E-state index in [-0.39, 0.29) is 32.6 Å². The van der Waals surface area contributed by atoms with Gasteiger partial charge in [0.1, 0.15) is 6.61 Å². The molecule has 0 rings (SSSR count). The van der Waals surface area contributed by atoms with Crippen LogP contribution in [0.2, 0.25) is 0 Å². The molecular weight excluding hydrogens is 713 g/mol. The summed E-state index contributed by atoms with van der Waals surface area (Å²) in [6, 6.07) is 0. The Hall–Kier alpha value is -2.03. The van der Waals surface area contributed by atoms with Gasteiger partial charge < -0.3 is 20.1 Å². The number of carbonyl (C=O) groups is 2. The lowest BCUT2D eigenvalue weighted by Crippen LogP contribution is -2.29. The fourth-order valence-electron chi connectivity index (χ4n) is 5.87. The Labute approximate surface area is 336 Å². The molecule has 0 amide bonds. The number of phosphoric acid groups is 1. The van der Waals surface area contributed by atoms with Crippen molar-refractivity contribution < 1.29 is 37.6 Å². The molecule has 0 saturated carbocycles. The molecule has 320 valence electrons. The first-order valence-electron chi connectivity index (χ1n) is 22.1. The maximum atomic E-state index is 12.6. The molecule has 0 aromatic carbocycles. The van der Waals surface area contributed by atoms with Crippen LogP contribution in [-0.2, 0) is 32.7 Å². The van der Waals surface area contributed by atoms with Crippen molar-refractivity contribution in [2.24, 2.45) is 5.73 Å². The van der Waals surface area contributed by atoms with Crippen molar-refractivity contribution in [1.29, 1.82) is 0 Å². The highest BCUT2D eigenvalue weighted by atomic mass is 31.2. The molecule has 0 radical (unpaired) electrons. The molecule has 0 saturated heterocycles. The SMILES string of the molecule is CCCCC/C=C\C/C=C\CCCCCCCCCC(=O)OC[C@H](COP(=O)(O)OCCN)OC(=O)CCCCCCCCC/C=C\C/C=C\CCCCC. The zero-order valence-corrected chi connectivity index (χ0v) is 36.0. The second-order valence-corrected chi connectivity index (χ2v) is 16.0. The highest BCUT2D eigenvalue weighted by Gasteiger charge is 2.26. The van der Waals surface area contributed by atoms with Gasteiger partial charge in [0.2, 0.25) is 0 Å². The molecule has 0 bridgehead atoms. The van der Waals surface area contributed by atoms with Gasteiger partial charge in [0.25, 0.3) is 0 Å². The van der Waals surface area contributed by atoms with Crippen LogP contribution in [0.1, 0.15) is 194 Å². The number of ether oxygens (including phenoxy) is 2. The third-order valence-electron chi connectivity index (χ3n) is 9.19. The number of esters is 2. The first-order chi connectivity index (χ1) is 26.8. The summed E-state index contributed by atoms with van der Waals surface area (Å²) in [5, 5.41) is 0. The summed E-state index contributed by atoms with van der Waals surface area (Å²) in [5.74, 6) is -0.847. The Balaban J connectivity index is 4.17. The Bertz CT molecular complexity index is 1040. The predicted molar refractivity (Wildman–Crippen MR) is 229 cm³/mol. The lowest BCUT2D eigenvalue weighted by Gasteiger charge is -2.19. The summed E-state index contributed by atoms with van der Waals surface area (Å²) in [5.41, 5.74) is 5.35. The van der Waals surface area contributed by atoms with E-state index < -0.39 is 32.5 Å². The van der Waals surface area contributed by atoms with Crippen LogP contribution in [-0.4, -0.2) is 49.3 Å². The molecule has 0 aromatic rings. The van der Waals surface area contributed by atoms with Gasteiger partial charge in [-0.3, -0.25) is 18.6 Å². The maximum Gasteiger partial charge on any atom is 0.472 e. The van der Waals surface area contributed by atoms with Crippen LogP contribution in [0.15, 0.2) is 48.6 Å². The van der Waals surface area contributed by atoms with Gasteiger partial charge in [0, 0.05) is 19.4 Å². The lowest BCUT2D eigenvalue weighted by molar-refractivity contribution is -0.161. The number of unbranched alkanes of at least 4 members (excludes halogenated alkanes) is 20. The highest BCUT2D eigenvalue weighted by molar-refractivity contribution is 7.47. The van der Waals surface area contributed by atoms with Crippen LogP contribution in [0.5, 0.6) is 0 Å². The molecule has 9 nitrogen and oxygen atoms in total. The maximum absolute atomic E-state index is 12.6. The van der Waals surface area contributed by atoms with Crippen molar-refractivity contribution in [1.82, 2.24) is 0 Å². The second-order valence-electron chi connectivity index (χ2n) is 14.6. The summed E-state index contributed by atoms with van der Waals surface area (Å²) >= 11 is 0. The van der Waals surface area contributed by atoms with Gasteiger partial charge in [0.15, 0.2) is 6.10 Å². The van der Waals surface area contributed by atoms with E-state index >= 15 is 0 Å². The normalized spacial score (nSPS) is 13.7. The largest absolute Gasteiger partial charge is 0.472 e. The summed E-state index contributed by atoms with van der Waals surface area (Å²) in [6.07, 6.45) is 47.0. The standard InChI is InChI=1S/C45H82NO8P/c1-3-5-7-9-11-13-15-17-19-21-23-25-27-29-31-33-35-37-44(47)51-41-43(42-53-55(49,50)52-40-39-46)54-45(48)38-36-34-32-30-28-26-24-22-20-18-16-14-12-10-8-6-4-2/h11-14,17-20,43H,3-10,15-16,21-42,46H2,1-2H3,(H,49,50)/b13-11-,14-12-,19-17-,20-18-/t43-/m1/s1. The minimum absolute atomic E-state index is 0.0494. The van der Waals surface area contributed by atoms with Crippen molar-refractivity contribution in [2.75, 3.05) is 26.4 Å². The molecule has 0 aliphatic heterocycles. The number of phosphoric ester groups is 1. The fourth-order valence-corrected chi connectivity index (χ4v) is 6.64. The van der Waals surface area contributed by atoms with Crippen molar-refractivity contribution in [2.45, 2.75) is 200 Å². The van der Waals surface area contributed by atoms with Crippen LogP contribution >= 0.6 is 7.82 Å². The van der Waals surface area contributed by atoms with Gasteiger partial charge >= 0.3 is 19.8 Å². The molecule has 0 spiro atoms. The summed E-state index contributed by atoms with van der Waals surface area (Å²) in [6.45, 7) is 3.67. The zero-order chi connectivity index (χ0) is 40.3. The number of nitrogens with two attached hydrogens (primary N) is 1. The molecule has 55 heavy (non-hydrogen) atoms. The molecule has 1 unspecified atom stereocenters. The second kappa shape index (κ2) is 41.6. The average molecular weight is 796 g/mol. The Morgan fingerprint density at radius 3 is 1.38 bits per heavy atom. The van der Waals surface area contributed by atoms with E-state index in [9.17, 15) is 19.0 Å². The van der Waals surface area contributed by atoms with Crippen LogP contribution in [0, 0.1) is 0 Å². The third-order valence-corrected chi connectivity index (χ3v) is 10.2. The van der Waals surface area contributed by atoms with Crippen molar-refractivity contribution in [3.8, 4) is 0 Å². The molecular formula is C45H82NO8P. The minimum atomic E-state index is -4.38. The van der Waals surface area contributed by atoms with E-state index in [1.54, 1.807) is 0 Å². The van der Waals surface area contributed by atoms with Crippen LogP contribution in [0.25, 0.3) is 0 Å². The van der Waals surface area contributed by atoms with Gasteiger partial charge in [-0.2, -0.15) is 0 Å². The number of hydrogen-bond acceptors (Lipinski definition) is 8. The van der Waals surface area contributed by atoms with E-state index in [1.165, 1.54) is 89.9 Å². The van der Waals surface area contributed by atoms with Crippen LogP contribution in [0.3, 0.4) is 0 Å². The van der Waals surface area contributed by atoms with Gasteiger partial charge in [-0.25, -0.2) is 4.57 Å². The quantitative estimate of drug-likeness (QED) is 0.0268. The number of allylic oxidation sites excluding steroid dienone is 8. The first-order valence-corrected chi connectivity index (χ1v) is 23.6. The van der Waals surface area contributed by atoms with Crippen molar-refractivity contribution >= 4 is 19.8 Å². The summed E-state index contributed by atoms with van der Waals surface area (Å²) in [4.78, 5) is 34.9. The molecule has 2 atom stereocenters. The molecule has 0 heterocycles. The Morgan fingerprint density at radius 1 is 0.545 bits per heavy atom. The zero-order valence-electron chi connectivity index (χ0n) is 35.2. The average Bonchev–Trinajstić information content (AvgIpc) is 3.17. The molecule has 0 aliphatic rings. The topological polar surface area (TPSA) is 134 Å². The van der Waals surface area contributed by atoms with Gasteiger partial charge in [-0.1, -0.05) is 152 Å². The molecule has 10 heteroatoms. The van der Waals surface area contributed by atoms with Gasteiger partial charge in [0.05, 0.1) is 13.2 Å². The number of hydrogen-bond donors (Lipinski definition) is 2. The van der Waals surface area contributed by atoms with Crippen LogP contribution < -0.4 is 5.73 Å². The van der Waals surface area contributed by atoms with E-state index in [1.807, 2.05) is 0 Å². The summed E-state index contributed by atoms with van der Waals surface area (Å²) in [7, 11) is -4.38. The third kappa shape index (κ3) is 41.4. The van der Waals surface area contributed by atoms with E-state index in [4.69, 9.17) is 24.3 Å². The molecule has 0 fully saturated rings. The molecule has 3 N–H and O–H groups in total. The van der Waals surface area contributed by atoms with E-state index in [2.05, 4.69) is 62.5 Å². The highest BCUT2D eigenvalue weighted by Crippen LogP contribution is 2.43. The van der Waals surface area contributed by atoms with Gasteiger partial charge in [-0.15, -0.1) is 0 Å². The number of carbonyl (C=O) groups excluding carboxylic acids is 2. The monoisotopic (exact) mass is 796 g/mol. The Kier molecular flexibility index (Phi) is 40.1. The number of rotatable bonds is 41. The van der Waals surface area contributed by atoms with E-state index in [0.29, 0.717) is 6.42 Å². The van der Waals surface area contributed by atoms with Crippen molar-refractivity contribution in [3.05, 3.63) is 48.6 Å². The Morgan fingerprint density at radius 2 is 0.945 bits per heavy atom. The molecule has 0 aromatic heterocycles. The van der Waals surface area contributed by atoms with Crippen LogP contribution in [0.4, 0.5) is 0 Å².